The molecule has 1 aromatic rings. The number of hydrogen-bond acceptors (Lipinski definition) is 5. The first-order chi connectivity index (χ1) is 13.4. The minimum absolute atomic E-state index is 0.0344. The average molecular weight is 411 g/mol. The van der Waals surface area contributed by atoms with Gasteiger partial charge in [-0.25, -0.2) is 4.79 Å². The van der Waals surface area contributed by atoms with Gasteiger partial charge in [-0.2, -0.15) is 0 Å². The quantitative estimate of drug-likeness (QED) is 0.640. The number of rotatable bonds is 7. The molecule has 0 aliphatic heterocycles. The summed E-state index contributed by atoms with van der Waals surface area (Å²) in [6.07, 6.45) is 5.25. The molecule has 1 aliphatic rings. The van der Waals surface area contributed by atoms with Crippen molar-refractivity contribution in [3.63, 3.8) is 0 Å². The highest BCUT2D eigenvalue weighted by Crippen LogP contribution is 2.27. The molecule has 8 nitrogen and oxygen atoms in total. The number of carbonyl (C=O) groups is 3. The van der Waals surface area contributed by atoms with Crippen molar-refractivity contribution in [3.8, 4) is 5.75 Å². The Bertz CT molecular complexity index is 707. The lowest BCUT2D eigenvalue weighted by Crippen LogP contribution is -2.48. The van der Waals surface area contributed by atoms with Gasteiger partial charge in [-0.05, 0) is 38.1 Å². The van der Waals surface area contributed by atoms with Crippen LogP contribution in [-0.4, -0.2) is 56.0 Å². The fourth-order valence-corrected chi connectivity index (χ4v) is 3.32. The summed E-state index contributed by atoms with van der Waals surface area (Å²) >= 11 is 5.94. The summed E-state index contributed by atoms with van der Waals surface area (Å²) in [5.74, 6) is -0.316. The molecule has 1 aliphatic carbocycles. The summed E-state index contributed by atoms with van der Waals surface area (Å²) in [5, 5.41) is 8.29. The Kier molecular flexibility index (Phi) is 8.53. The molecule has 1 fully saturated rings. The van der Waals surface area contributed by atoms with E-state index in [0.717, 1.165) is 25.7 Å². The zero-order valence-electron chi connectivity index (χ0n) is 16.2. The predicted molar refractivity (Wildman–Crippen MR) is 108 cm³/mol. The molecule has 3 N–H and O–H groups in total. The number of halogens is 1. The molecule has 1 aromatic carbocycles. The molecule has 0 saturated heterocycles. The highest BCUT2D eigenvalue weighted by atomic mass is 35.5. The summed E-state index contributed by atoms with van der Waals surface area (Å²) in [4.78, 5) is 37.6. The van der Waals surface area contributed by atoms with Crippen molar-refractivity contribution < 1.29 is 19.1 Å². The van der Waals surface area contributed by atoms with Gasteiger partial charge in [-0.1, -0.05) is 30.9 Å². The second kappa shape index (κ2) is 10.9. The molecule has 0 heterocycles. The molecule has 1 saturated carbocycles. The van der Waals surface area contributed by atoms with E-state index in [9.17, 15) is 14.4 Å². The van der Waals surface area contributed by atoms with Gasteiger partial charge in [0.2, 0.25) is 11.8 Å². The number of amides is 4. The van der Waals surface area contributed by atoms with Crippen LogP contribution >= 0.6 is 11.6 Å². The van der Waals surface area contributed by atoms with E-state index >= 15 is 0 Å². The number of anilines is 1. The highest BCUT2D eigenvalue weighted by molar-refractivity contribution is 6.31. The third kappa shape index (κ3) is 7.36. The van der Waals surface area contributed by atoms with E-state index in [1.54, 1.807) is 25.2 Å². The Labute approximate surface area is 169 Å². The first-order valence-corrected chi connectivity index (χ1v) is 9.67. The van der Waals surface area contributed by atoms with Gasteiger partial charge >= 0.3 is 6.03 Å². The number of hydrogen-bond donors (Lipinski definition) is 3. The van der Waals surface area contributed by atoms with Crippen molar-refractivity contribution in [1.29, 1.82) is 0 Å². The van der Waals surface area contributed by atoms with E-state index in [1.165, 1.54) is 18.4 Å². The Balaban J connectivity index is 1.75. The normalized spacial score (nSPS) is 14.4. The molecule has 154 valence electrons. The van der Waals surface area contributed by atoms with E-state index < -0.39 is 11.9 Å². The Morgan fingerprint density at radius 1 is 1.14 bits per heavy atom. The highest BCUT2D eigenvalue weighted by Gasteiger charge is 2.18. The molecular weight excluding hydrogens is 384 g/mol. The summed E-state index contributed by atoms with van der Waals surface area (Å²) in [6.45, 7) is -0.120. The molecule has 0 aromatic heterocycles. The third-order valence-corrected chi connectivity index (χ3v) is 4.69. The Hall–Kier alpha value is -2.32. The number of urea groups is 1. The SMILES string of the molecule is COc1ccc(Cl)cc1NC(=O)CN(C)CC(=O)NC(=O)NC1CCCCC1. The molecule has 0 unspecified atom stereocenters. The van der Waals surface area contributed by atoms with E-state index in [1.807, 2.05) is 0 Å². The Morgan fingerprint density at radius 3 is 2.50 bits per heavy atom. The second-order valence-electron chi connectivity index (χ2n) is 6.92. The molecule has 9 heteroatoms. The van der Waals surface area contributed by atoms with Gasteiger partial charge in [-0.3, -0.25) is 19.8 Å². The van der Waals surface area contributed by atoms with Crippen molar-refractivity contribution in [1.82, 2.24) is 15.5 Å². The monoisotopic (exact) mass is 410 g/mol. The minimum atomic E-state index is -0.488. The van der Waals surface area contributed by atoms with Gasteiger partial charge in [0, 0.05) is 11.1 Å². The first kappa shape index (κ1) is 22.0. The van der Waals surface area contributed by atoms with Crippen LogP contribution in [0.4, 0.5) is 10.5 Å². The lowest BCUT2D eigenvalue weighted by molar-refractivity contribution is -0.122. The number of benzene rings is 1. The van der Waals surface area contributed by atoms with Crippen LogP contribution in [0.15, 0.2) is 18.2 Å². The maximum absolute atomic E-state index is 12.2. The standard InChI is InChI=1S/C19H27ClN4O4/c1-24(11-17(25)22-15-10-13(20)8-9-16(15)28-2)12-18(26)23-19(27)21-14-6-4-3-5-7-14/h8-10,14H,3-7,11-12H2,1-2H3,(H,22,25)(H2,21,23,26,27). The van der Waals surface area contributed by atoms with E-state index in [0.29, 0.717) is 16.5 Å². The van der Waals surface area contributed by atoms with Gasteiger partial charge in [0.05, 0.1) is 25.9 Å². The van der Waals surface area contributed by atoms with E-state index in [-0.39, 0.29) is 25.0 Å². The van der Waals surface area contributed by atoms with Crippen LogP contribution in [0.3, 0.4) is 0 Å². The van der Waals surface area contributed by atoms with Gasteiger partial charge in [0.25, 0.3) is 0 Å². The van der Waals surface area contributed by atoms with Crippen molar-refractivity contribution in [2.24, 2.45) is 0 Å². The zero-order chi connectivity index (χ0) is 20.5. The van der Waals surface area contributed by atoms with Crippen LogP contribution < -0.4 is 20.7 Å². The first-order valence-electron chi connectivity index (χ1n) is 9.29. The van der Waals surface area contributed by atoms with Crippen LogP contribution in [-0.2, 0) is 9.59 Å². The largest absolute Gasteiger partial charge is 0.495 e. The van der Waals surface area contributed by atoms with Crippen molar-refractivity contribution in [2.45, 2.75) is 38.1 Å². The smallest absolute Gasteiger partial charge is 0.321 e. The van der Waals surface area contributed by atoms with Crippen LogP contribution in [0.2, 0.25) is 5.02 Å². The Morgan fingerprint density at radius 2 is 1.82 bits per heavy atom. The number of imide groups is 1. The van der Waals surface area contributed by atoms with Crippen LogP contribution in [0.5, 0.6) is 5.75 Å². The predicted octanol–water partition coefficient (Wildman–Crippen LogP) is 2.38. The number of methoxy groups -OCH3 is 1. The minimum Gasteiger partial charge on any atom is -0.495 e. The van der Waals surface area contributed by atoms with Crippen LogP contribution in [0, 0.1) is 0 Å². The molecule has 0 radical (unpaired) electrons. The summed E-state index contributed by atoms with van der Waals surface area (Å²) in [7, 11) is 3.11. The van der Waals surface area contributed by atoms with E-state index in [2.05, 4.69) is 16.0 Å². The lowest BCUT2D eigenvalue weighted by Gasteiger charge is -2.23. The number of likely N-dealkylation sites (N-methyl/N-ethyl adjacent to an activating group) is 1. The van der Waals surface area contributed by atoms with Crippen molar-refractivity contribution >= 4 is 35.1 Å². The van der Waals surface area contributed by atoms with Gasteiger partial charge in [0.15, 0.2) is 0 Å². The maximum Gasteiger partial charge on any atom is 0.321 e. The number of ether oxygens (including phenoxy) is 1. The number of nitrogens with one attached hydrogen (secondary N) is 3. The number of nitrogens with zero attached hydrogens (tertiary/aromatic N) is 1. The fraction of sp³-hybridized carbons (Fsp3) is 0.526. The van der Waals surface area contributed by atoms with Crippen molar-refractivity contribution in [2.75, 3.05) is 32.6 Å². The molecule has 0 bridgehead atoms. The van der Waals surface area contributed by atoms with Gasteiger partial charge in [0.1, 0.15) is 5.75 Å². The van der Waals surface area contributed by atoms with Crippen LogP contribution in [0.1, 0.15) is 32.1 Å². The summed E-state index contributed by atoms with van der Waals surface area (Å²) in [6, 6.07) is 4.53. The molecule has 4 amide bonds. The van der Waals surface area contributed by atoms with Gasteiger partial charge in [-0.15, -0.1) is 0 Å². The molecular formula is C19H27ClN4O4. The fourth-order valence-electron chi connectivity index (χ4n) is 3.15. The van der Waals surface area contributed by atoms with Gasteiger partial charge < -0.3 is 15.4 Å². The second-order valence-corrected chi connectivity index (χ2v) is 7.36. The zero-order valence-corrected chi connectivity index (χ0v) is 17.0. The third-order valence-electron chi connectivity index (χ3n) is 4.46. The lowest BCUT2D eigenvalue weighted by atomic mass is 9.96. The topological polar surface area (TPSA) is 99.8 Å². The summed E-state index contributed by atoms with van der Waals surface area (Å²) < 4.78 is 5.18. The average Bonchev–Trinajstić information content (AvgIpc) is 2.62. The van der Waals surface area contributed by atoms with Crippen LogP contribution in [0.25, 0.3) is 0 Å². The molecule has 28 heavy (non-hydrogen) atoms. The van der Waals surface area contributed by atoms with E-state index in [4.69, 9.17) is 16.3 Å². The molecule has 0 atom stereocenters. The molecule has 0 spiro atoms. The maximum atomic E-state index is 12.2. The molecule has 2 rings (SSSR count). The van der Waals surface area contributed by atoms with Crippen molar-refractivity contribution in [3.05, 3.63) is 23.2 Å². The summed E-state index contributed by atoms with van der Waals surface area (Å²) in [5.41, 5.74) is 0.449. The number of carbonyl (C=O) groups excluding carboxylic acids is 3.